The molecule has 0 aliphatic heterocycles. The lowest BCUT2D eigenvalue weighted by atomic mass is 9.92. The Morgan fingerprint density at radius 3 is 0.912 bits per heavy atom. The van der Waals surface area contributed by atoms with Crippen molar-refractivity contribution in [3.63, 3.8) is 0 Å². The van der Waals surface area contributed by atoms with Gasteiger partial charge in [0.25, 0.3) is 0 Å². The molecule has 0 amide bonds. The topological polar surface area (TPSA) is 9.72 Å². The summed E-state index contributed by atoms with van der Waals surface area (Å²) in [5, 5.41) is 2.19. The molecule has 1 aromatic heterocycles. The first kappa shape index (κ1) is 42.0. The third-order valence-electron chi connectivity index (χ3n) is 12.3. The van der Waals surface area contributed by atoms with Crippen LogP contribution in [0.3, 0.4) is 0 Å². The fourth-order valence-electron chi connectivity index (χ4n) is 9.37. The van der Waals surface area contributed by atoms with Crippen LogP contribution >= 0.6 is 11.3 Å². The van der Waals surface area contributed by atoms with Crippen molar-refractivity contribution in [3.8, 4) is 43.8 Å². The minimum Gasteiger partial charge on any atom is -0.308 e. The van der Waals surface area contributed by atoms with E-state index in [0.717, 1.165) is 90.1 Å². The molecule has 0 atom stereocenters. The molecule has 10 aromatic carbocycles. The SMILES string of the molecule is c1ccc(-c2cccc(N(c3c(-c4ccccc4)cccc3N(c3ccccc3)c3ccccc3)c3c(-c4ccccc4)cccc3N(c3ccccc3)c3ccccc3)c2-c2cccs2)cc1. The fourth-order valence-corrected chi connectivity index (χ4v) is 10.2. The molecule has 0 radical (unpaired) electrons. The van der Waals surface area contributed by atoms with Crippen molar-refractivity contribution in [1.82, 2.24) is 0 Å². The Hall–Kier alpha value is -8.70. The predicted molar refractivity (Wildman–Crippen MR) is 290 cm³/mol. The van der Waals surface area contributed by atoms with Crippen LogP contribution in [0.2, 0.25) is 0 Å². The molecule has 4 heteroatoms. The molecule has 0 spiro atoms. The third kappa shape index (κ3) is 8.26. The zero-order valence-electron chi connectivity index (χ0n) is 37.4. The van der Waals surface area contributed by atoms with Crippen LogP contribution in [0.25, 0.3) is 43.8 Å². The fraction of sp³-hybridized carbons (Fsp3) is 0. The van der Waals surface area contributed by atoms with E-state index in [2.05, 4.69) is 299 Å². The highest BCUT2D eigenvalue weighted by molar-refractivity contribution is 7.13. The molecule has 11 rings (SSSR count). The summed E-state index contributed by atoms with van der Waals surface area (Å²) in [5.74, 6) is 0. The molecule has 0 saturated heterocycles. The van der Waals surface area contributed by atoms with Crippen molar-refractivity contribution in [2.45, 2.75) is 0 Å². The predicted octanol–water partition coefficient (Wildman–Crippen LogP) is 18.8. The highest BCUT2D eigenvalue weighted by atomic mass is 32.1. The molecule has 0 unspecified atom stereocenters. The van der Waals surface area contributed by atoms with E-state index in [1.54, 1.807) is 11.3 Å². The van der Waals surface area contributed by atoms with Crippen molar-refractivity contribution in [3.05, 3.63) is 284 Å². The molecule has 0 saturated carbocycles. The molecule has 0 bridgehead atoms. The summed E-state index contributed by atoms with van der Waals surface area (Å²) in [6.45, 7) is 0. The van der Waals surface area contributed by atoms with Gasteiger partial charge in [-0.25, -0.2) is 0 Å². The average molecular weight is 890 g/mol. The molecule has 0 aliphatic rings. The van der Waals surface area contributed by atoms with E-state index in [-0.39, 0.29) is 0 Å². The lowest BCUT2D eigenvalue weighted by molar-refractivity contribution is 1.20. The van der Waals surface area contributed by atoms with Crippen LogP contribution in [0.15, 0.2) is 284 Å². The molecule has 324 valence electrons. The van der Waals surface area contributed by atoms with Crippen LogP contribution in [0, 0.1) is 0 Å². The summed E-state index contributed by atoms with van der Waals surface area (Å²) in [6, 6.07) is 100. The van der Waals surface area contributed by atoms with Crippen molar-refractivity contribution >= 4 is 62.5 Å². The first-order chi connectivity index (χ1) is 33.8. The molecular weight excluding hydrogens is 843 g/mol. The van der Waals surface area contributed by atoms with E-state index in [4.69, 9.17) is 0 Å². The maximum atomic E-state index is 2.59. The number of anilines is 9. The van der Waals surface area contributed by atoms with E-state index < -0.39 is 0 Å². The number of rotatable bonds is 13. The van der Waals surface area contributed by atoms with Crippen LogP contribution in [0.1, 0.15) is 0 Å². The summed E-state index contributed by atoms with van der Waals surface area (Å²) in [6.07, 6.45) is 0. The van der Waals surface area contributed by atoms with Crippen LogP contribution in [-0.4, -0.2) is 0 Å². The average Bonchev–Trinajstić information content (AvgIpc) is 3.97. The number of thiophene rings is 1. The Morgan fingerprint density at radius 1 is 0.235 bits per heavy atom. The van der Waals surface area contributed by atoms with Crippen molar-refractivity contribution < 1.29 is 0 Å². The summed E-state index contributed by atoms with van der Waals surface area (Å²) in [7, 11) is 0. The van der Waals surface area contributed by atoms with Gasteiger partial charge in [0.2, 0.25) is 0 Å². The van der Waals surface area contributed by atoms with Crippen molar-refractivity contribution in [2.75, 3.05) is 14.7 Å². The third-order valence-corrected chi connectivity index (χ3v) is 13.2. The van der Waals surface area contributed by atoms with E-state index in [1.807, 2.05) is 0 Å². The van der Waals surface area contributed by atoms with Gasteiger partial charge in [-0.05, 0) is 100 Å². The highest BCUT2D eigenvalue weighted by Crippen LogP contribution is 2.58. The Labute approximate surface area is 403 Å². The summed E-state index contributed by atoms with van der Waals surface area (Å²) in [5.41, 5.74) is 17.2. The van der Waals surface area contributed by atoms with E-state index in [1.165, 1.54) is 4.88 Å². The number of para-hydroxylation sites is 6. The Morgan fingerprint density at radius 2 is 0.559 bits per heavy atom. The van der Waals surface area contributed by atoms with Gasteiger partial charge in [0, 0.05) is 44.3 Å². The first-order valence-electron chi connectivity index (χ1n) is 23.0. The largest absolute Gasteiger partial charge is 0.308 e. The van der Waals surface area contributed by atoms with E-state index in [9.17, 15) is 0 Å². The Bertz CT molecular complexity index is 3120. The maximum Gasteiger partial charge on any atom is 0.0782 e. The number of hydrogen-bond donors (Lipinski definition) is 0. The smallest absolute Gasteiger partial charge is 0.0782 e. The molecule has 3 nitrogen and oxygen atoms in total. The van der Waals surface area contributed by atoms with Gasteiger partial charge < -0.3 is 14.7 Å². The van der Waals surface area contributed by atoms with Crippen LogP contribution < -0.4 is 14.7 Å². The van der Waals surface area contributed by atoms with Gasteiger partial charge in [-0.15, -0.1) is 11.3 Å². The lowest BCUT2D eigenvalue weighted by Crippen LogP contribution is -2.22. The molecule has 0 fully saturated rings. The second-order valence-corrected chi connectivity index (χ2v) is 17.4. The van der Waals surface area contributed by atoms with Gasteiger partial charge in [-0.1, -0.05) is 206 Å². The van der Waals surface area contributed by atoms with E-state index >= 15 is 0 Å². The standard InChI is InChI=1S/C64H47N3S/c1-8-26-48(27-9-1)55-40-22-43-58(62(55)61-46-25-47-68-61)67(63-56(49-28-10-2-11-29-49)41-23-44-59(63)65(51-32-14-4-15-33-51)52-34-16-5-17-35-52)64-57(50-30-12-3-13-31-50)42-24-45-60(64)66(53-36-18-6-19-37-53)54-38-20-7-21-39-54/h1-47H. The second-order valence-electron chi connectivity index (χ2n) is 16.5. The van der Waals surface area contributed by atoms with Crippen LogP contribution in [-0.2, 0) is 0 Å². The number of hydrogen-bond acceptors (Lipinski definition) is 4. The molecular formula is C64H47N3S. The zero-order valence-corrected chi connectivity index (χ0v) is 38.2. The van der Waals surface area contributed by atoms with Gasteiger partial charge in [0.15, 0.2) is 0 Å². The number of benzene rings is 10. The van der Waals surface area contributed by atoms with Gasteiger partial charge in [0.05, 0.1) is 28.4 Å². The molecule has 68 heavy (non-hydrogen) atoms. The van der Waals surface area contributed by atoms with Gasteiger partial charge in [-0.2, -0.15) is 0 Å². The molecule has 0 N–H and O–H groups in total. The Balaban J connectivity index is 1.36. The minimum absolute atomic E-state index is 1.02. The monoisotopic (exact) mass is 889 g/mol. The lowest BCUT2D eigenvalue weighted by Gasteiger charge is -2.39. The van der Waals surface area contributed by atoms with E-state index in [0.29, 0.717) is 0 Å². The van der Waals surface area contributed by atoms with Crippen LogP contribution in [0.5, 0.6) is 0 Å². The summed E-state index contributed by atoms with van der Waals surface area (Å²) >= 11 is 1.77. The van der Waals surface area contributed by atoms with Gasteiger partial charge in [-0.3, -0.25) is 0 Å². The van der Waals surface area contributed by atoms with Crippen LogP contribution in [0.4, 0.5) is 51.2 Å². The minimum atomic E-state index is 1.02. The number of nitrogens with zero attached hydrogens (tertiary/aromatic N) is 3. The highest BCUT2D eigenvalue weighted by Gasteiger charge is 2.33. The summed E-state index contributed by atoms with van der Waals surface area (Å²) < 4.78 is 0. The normalized spacial score (nSPS) is 10.9. The molecule has 1 heterocycles. The second kappa shape index (κ2) is 19.4. The molecule has 0 aliphatic carbocycles. The quantitative estimate of drug-likeness (QED) is 0.114. The Kier molecular flexibility index (Phi) is 12.0. The zero-order chi connectivity index (χ0) is 45.5. The van der Waals surface area contributed by atoms with Gasteiger partial charge >= 0.3 is 0 Å². The molecule has 11 aromatic rings. The van der Waals surface area contributed by atoms with Gasteiger partial charge in [0.1, 0.15) is 0 Å². The summed E-state index contributed by atoms with van der Waals surface area (Å²) in [4.78, 5) is 8.59. The first-order valence-corrected chi connectivity index (χ1v) is 23.9. The van der Waals surface area contributed by atoms with Crippen molar-refractivity contribution in [2.24, 2.45) is 0 Å². The maximum absolute atomic E-state index is 2.59. The van der Waals surface area contributed by atoms with Crippen molar-refractivity contribution in [1.29, 1.82) is 0 Å².